The number of benzene rings is 1. The molecule has 0 aliphatic heterocycles. The van der Waals surface area contributed by atoms with E-state index in [0.717, 1.165) is 29.6 Å². The van der Waals surface area contributed by atoms with Crippen LogP contribution in [0, 0.1) is 0 Å². The maximum Gasteiger partial charge on any atom is 0.0737 e. The highest BCUT2D eigenvalue weighted by atomic mass is 35.5. The molecule has 90 valence electrons. The van der Waals surface area contributed by atoms with Crippen LogP contribution in [-0.4, -0.2) is 17.6 Å². The van der Waals surface area contributed by atoms with Crippen molar-refractivity contribution in [3.8, 4) is 0 Å². The van der Waals surface area contributed by atoms with Gasteiger partial charge in [0.2, 0.25) is 0 Å². The van der Waals surface area contributed by atoms with Crippen LogP contribution in [0.3, 0.4) is 0 Å². The predicted octanol–water partition coefficient (Wildman–Crippen LogP) is 3.04. The van der Waals surface area contributed by atoms with Gasteiger partial charge in [-0.3, -0.25) is 4.98 Å². The van der Waals surface area contributed by atoms with Gasteiger partial charge in [0.25, 0.3) is 0 Å². The summed E-state index contributed by atoms with van der Waals surface area (Å²) in [5.74, 6) is 0. The summed E-state index contributed by atoms with van der Waals surface area (Å²) >= 11 is 5.94. The van der Waals surface area contributed by atoms with Crippen molar-refractivity contribution >= 4 is 28.2 Å². The highest BCUT2D eigenvalue weighted by Crippen LogP contribution is 2.24. The highest BCUT2D eigenvalue weighted by molar-refractivity contribution is 6.31. The standard InChI is InChI=1S/C13H16ClN3/c1-2-10(15)8-17-12-5-6-16-13-7-9(14)3-4-11(12)13/h3-7,10H,2,8,15H2,1H3,(H,16,17). The molecule has 1 unspecified atom stereocenters. The molecule has 3 N–H and O–H groups in total. The Kier molecular flexibility index (Phi) is 3.82. The van der Waals surface area contributed by atoms with E-state index < -0.39 is 0 Å². The van der Waals surface area contributed by atoms with Crippen LogP contribution in [-0.2, 0) is 0 Å². The van der Waals surface area contributed by atoms with Crippen molar-refractivity contribution < 1.29 is 0 Å². The van der Waals surface area contributed by atoms with Gasteiger partial charge in [-0.25, -0.2) is 0 Å². The lowest BCUT2D eigenvalue weighted by molar-refractivity contribution is 0.679. The average molecular weight is 250 g/mol. The van der Waals surface area contributed by atoms with Crippen molar-refractivity contribution in [3.63, 3.8) is 0 Å². The minimum Gasteiger partial charge on any atom is -0.383 e. The molecule has 1 atom stereocenters. The van der Waals surface area contributed by atoms with Crippen molar-refractivity contribution in [1.82, 2.24) is 4.98 Å². The fraction of sp³-hybridized carbons (Fsp3) is 0.308. The zero-order chi connectivity index (χ0) is 12.3. The molecule has 0 saturated heterocycles. The SMILES string of the molecule is CCC(N)CNc1ccnc2cc(Cl)ccc12. The number of anilines is 1. The second-order valence-electron chi connectivity index (χ2n) is 4.07. The largest absolute Gasteiger partial charge is 0.383 e. The Morgan fingerprint density at radius 3 is 3.00 bits per heavy atom. The highest BCUT2D eigenvalue weighted by Gasteiger charge is 2.04. The van der Waals surface area contributed by atoms with Crippen molar-refractivity contribution in [2.24, 2.45) is 5.73 Å². The smallest absolute Gasteiger partial charge is 0.0737 e. The van der Waals surface area contributed by atoms with Crippen LogP contribution in [0.1, 0.15) is 13.3 Å². The van der Waals surface area contributed by atoms with Crippen molar-refractivity contribution in [2.45, 2.75) is 19.4 Å². The number of pyridine rings is 1. The number of rotatable bonds is 4. The first-order chi connectivity index (χ1) is 8.20. The van der Waals surface area contributed by atoms with E-state index >= 15 is 0 Å². The first-order valence-corrected chi connectivity index (χ1v) is 6.12. The average Bonchev–Trinajstić information content (AvgIpc) is 2.35. The van der Waals surface area contributed by atoms with Gasteiger partial charge in [-0.15, -0.1) is 0 Å². The fourth-order valence-electron chi connectivity index (χ4n) is 1.66. The fourth-order valence-corrected chi connectivity index (χ4v) is 1.83. The van der Waals surface area contributed by atoms with Gasteiger partial charge in [-0.2, -0.15) is 0 Å². The van der Waals surface area contributed by atoms with Crippen LogP contribution in [0.4, 0.5) is 5.69 Å². The van der Waals surface area contributed by atoms with Crippen LogP contribution in [0.5, 0.6) is 0 Å². The summed E-state index contributed by atoms with van der Waals surface area (Å²) in [6.07, 6.45) is 2.74. The number of nitrogens with one attached hydrogen (secondary N) is 1. The lowest BCUT2D eigenvalue weighted by Crippen LogP contribution is -2.28. The Bertz CT molecular complexity index is 513. The number of fused-ring (bicyclic) bond motifs is 1. The summed E-state index contributed by atoms with van der Waals surface area (Å²) in [7, 11) is 0. The number of nitrogens with two attached hydrogens (primary N) is 1. The third kappa shape index (κ3) is 2.87. The van der Waals surface area contributed by atoms with Gasteiger partial charge < -0.3 is 11.1 Å². The number of halogens is 1. The van der Waals surface area contributed by atoms with Crippen molar-refractivity contribution in [2.75, 3.05) is 11.9 Å². The third-order valence-corrected chi connectivity index (χ3v) is 3.02. The first-order valence-electron chi connectivity index (χ1n) is 5.74. The van der Waals surface area contributed by atoms with Gasteiger partial charge in [0.15, 0.2) is 0 Å². The van der Waals surface area contributed by atoms with E-state index in [1.165, 1.54) is 0 Å². The van der Waals surface area contributed by atoms with E-state index in [-0.39, 0.29) is 6.04 Å². The van der Waals surface area contributed by atoms with E-state index in [4.69, 9.17) is 17.3 Å². The van der Waals surface area contributed by atoms with Crippen LogP contribution >= 0.6 is 11.6 Å². The molecule has 1 aromatic carbocycles. The minimum atomic E-state index is 0.172. The molecule has 1 aromatic heterocycles. The summed E-state index contributed by atoms with van der Waals surface area (Å²) < 4.78 is 0. The molecule has 0 saturated carbocycles. The van der Waals surface area contributed by atoms with Crippen LogP contribution in [0.15, 0.2) is 30.5 Å². The molecule has 4 heteroatoms. The maximum atomic E-state index is 5.94. The summed E-state index contributed by atoms with van der Waals surface area (Å²) in [6, 6.07) is 7.84. The molecular formula is C13H16ClN3. The van der Waals surface area contributed by atoms with E-state index in [9.17, 15) is 0 Å². The molecule has 1 heterocycles. The second-order valence-corrected chi connectivity index (χ2v) is 4.51. The van der Waals surface area contributed by atoms with E-state index in [1.54, 1.807) is 6.20 Å². The lowest BCUT2D eigenvalue weighted by Gasteiger charge is -2.13. The maximum absolute atomic E-state index is 5.94. The molecule has 0 aliphatic carbocycles. The lowest BCUT2D eigenvalue weighted by atomic mass is 10.1. The van der Waals surface area contributed by atoms with Crippen LogP contribution in [0.2, 0.25) is 5.02 Å². The molecule has 0 spiro atoms. The van der Waals surface area contributed by atoms with Gasteiger partial charge in [0.1, 0.15) is 0 Å². The van der Waals surface area contributed by atoms with Crippen LogP contribution < -0.4 is 11.1 Å². The molecule has 0 aliphatic rings. The molecule has 2 rings (SSSR count). The Morgan fingerprint density at radius 2 is 2.24 bits per heavy atom. The quantitative estimate of drug-likeness (QED) is 0.876. The molecule has 0 amide bonds. The molecule has 3 nitrogen and oxygen atoms in total. The number of hydrogen-bond donors (Lipinski definition) is 2. The van der Waals surface area contributed by atoms with E-state index in [1.807, 2.05) is 24.3 Å². The summed E-state index contributed by atoms with van der Waals surface area (Å²) in [6.45, 7) is 2.84. The van der Waals surface area contributed by atoms with Gasteiger partial charge in [0, 0.05) is 34.9 Å². The normalized spacial score (nSPS) is 12.6. The van der Waals surface area contributed by atoms with Crippen molar-refractivity contribution in [3.05, 3.63) is 35.5 Å². The number of hydrogen-bond acceptors (Lipinski definition) is 3. The summed E-state index contributed by atoms with van der Waals surface area (Å²) in [4.78, 5) is 4.29. The molecule has 17 heavy (non-hydrogen) atoms. The number of aromatic nitrogens is 1. The Labute approximate surface area is 106 Å². The van der Waals surface area contributed by atoms with Gasteiger partial charge in [0.05, 0.1) is 5.52 Å². The molecule has 2 aromatic rings. The molecule has 0 radical (unpaired) electrons. The third-order valence-electron chi connectivity index (χ3n) is 2.78. The molecule has 0 bridgehead atoms. The van der Waals surface area contributed by atoms with Gasteiger partial charge >= 0.3 is 0 Å². The summed E-state index contributed by atoms with van der Waals surface area (Å²) in [5.41, 5.74) is 7.84. The van der Waals surface area contributed by atoms with Crippen LogP contribution in [0.25, 0.3) is 10.9 Å². The zero-order valence-corrected chi connectivity index (χ0v) is 10.5. The summed E-state index contributed by atoms with van der Waals surface area (Å²) in [5, 5.41) is 5.12. The molecule has 0 fully saturated rings. The predicted molar refractivity (Wildman–Crippen MR) is 73.5 cm³/mol. The first kappa shape index (κ1) is 12.1. The van der Waals surface area contributed by atoms with Gasteiger partial charge in [-0.05, 0) is 30.7 Å². The topological polar surface area (TPSA) is 50.9 Å². The Hall–Kier alpha value is -1.32. The minimum absolute atomic E-state index is 0.172. The van der Waals surface area contributed by atoms with Crippen molar-refractivity contribution in [1.29, 1.82) is 0 Å². The Morgan fingerprint density at radius 1 is 1.41 bits per heavy atom. The van der Waals surface area contributed by atoms with E-state index in [2.05, 4.69) is 17.2 Å². The van der Waals surface area contributed by atoms with E-state index in [0.29, 0.717) is 5.02 Å². The molecular weight excluding hydrogens is 234 g/mol. The zero-order valence-electron chi connectivity index (χ0n) is 9.78. The second kappa shape index (κ2) is 5.34. The van der Waals surface area contributed by atoms with Gasteiger partial charge in [-0.1, -0.05) is 18.5 Å². The Balaban J connectivity index is 2.28. The monoisotopic (exact) mass is 249 g/mol. The number of nitrogens with zero attached hydrogens (tertiary/aromatic N) is 1.